The number of oxazole rings is 1. The molecule has 0 aliphatic rings. The Morgan fingerprint density at radius 1 is 1.24 bits per heavy atom. The molecule has 0 radical (unpaired) electrons. The summed E-state index contributed by atoms with van der Waals surface area (Å²) in [7, 11) is 0. The fraction of sp³-hybridized carbons (Fsp3) is 0.182. The van der Waals surface area contributed by atoms with E-state index in [0.717, 1.165) is 12.1 Å². The maximum atomic E-state index is 13.0. The molecule has 0 amide bonds. The summed E-state index contributed by atoms with van der Waals surface area (Å²) in [5, 5.41) is -0.459. The average molecular weight is 262 g/mol. The second-order valence-corrected chi connectivity index (χ2v) is 4.09. The Balaban J connectivity index is 2.46. The minimum absolute atomic E-state index is 0.0671. The molecule has 1 heterocycles. The van der Waals surface area contributed by atoms with Crippen molar-refractivity contribution in [3.63, 3.8) is 0 Å². The van der Waals surface area contributed by atoms with Crippen LogP contribution in [0, 0.1) is 17.5 Å². The first-order valence-corrected chi connectivity index (χ1v) is 5.17. The van der Waals surface area contributed by atoms with Crippen molar-refractivity contribution >= 4 is 11.6 Å². The average Bonchev–Trinajstić information content (AvgIpc) is 2.74. The number of hydrogen-bond donors (Lipinski definition) is 0. The zero-order valence-corrected chi connectivity index (χ0v) is 9.43. The van der Waals surface area contributed by atoms with Crippen molar-refractivity contribution in [3.05, 3.63) is 41.7 Å². The highest BCUT2D eigenvalue weighted by molar-refractivity contribution is 6.20. The predicted molar refractivity (Wildman–Crippen MR) is 56.1 cm³/mol. The molecule has 0 saturated carbocycles. The van der Waals surface area contributed by atoms with E-state index in [2.05, 4.69) is 4.98 Å². The van der Waals surface area contributed by atoms with E-state index in [1.54, 1.807) is 6.92 Å². The number of halogens is 4. The van der Waals surface area contributed by atoms with Gasteiger partial charge in [-0.3, -0.25) is 0 Å². The lowest BCUT2D eigenvalue weighted by atomic mass is 10.1. The van der Waals surface area contributed by atoms with Gasteiger partial charge in [-0.2, -0.15) is 0 Å². The summed E-state index contributed by atoms with van der Waals surface area (Å²) in [6.45, 7) is 1.64. The molecule has 0 N–H and O–H groups in total. The van der Waals surface area contributed by atoms with E-state index in [4.69, 9.17) is 16.0 Å². The lowest BCUT2D eigenvalue weighted by Gasteiger charge is -2.00. The normalized spacial score (nSPS) is 12.8. The van der Waals surface area contributed by atoms with Crippen LogP contribution in [0.2, 0.25) is 0 Å². The summed E-state index contributed by atoms with van der Waals surface area (Å²) < 4.78 is 43.9. The minimum atomic E-state index is -1.51. The van der Waals surface area contributed by atoms with Gasteiger partial charge >= 0.3 is 0 Å². The van der Waals surface area contributed by atoms with E-state index in [0.29, 0.717) is 0 Å². The molecular formula is C11H7ClF3NO. The van der Waals surface area contributed by atoms with Crippen molar-refractivity contribution in [1.29, 1.82) is 0 Å². The number of nitrogens with zero attached hydrogens (tertiary/aromatic N) is 1. The van der Waals surface area contributed by atoms with Crippen LogP contribution in [-0.2, 0) is 0 Å². The molecule has 0 bridgehead atoms. The molecule has 0 fully saturated rings. The Bertz CT molecular complexity index is 530. The Hall–Kier alpha value is -1.49. The lowest BCUT2D eigenvalue weighted by molar-refractivity contribution is 0.446. The molecule has 1 aromatic heterocycles. The quantitative estimate of drug-likeness (QED) is 0.602. The van der Waals surface area contributed by atoms with Gasteiger partial charge < -0.3 is 4.42 Å². The number of rotatable bonds is 2. The summed E-state index contributed by atoms with van der Waals surface area (Å²) in [5.74, 6) is -3.72. The molecule has 2 aromatic rings. The van der Waals surface area contributed by atoms with Crippen molar-refractivity contribution in [1.82, 2.24) is 4.98 Å². The standard InChI is InChI=1S/C11H7ClF3NO/c1-5(12)11-16-4-9(17-11)6-2-7(13)10(15)8(14)3-6/h2-5H,1H3. The minimum Gasteiger partial charge on any atom is -0.439 e. The maximum Gasteiger partial charge on any atom is 0.212 e. The summed E-state index contributed by atoms with van der Waals surface area (Å²) in [5.41, 5.74) is 0.0671. The van der Waals surface area contributed by atoms with Crippen LogP contribution in [0.4, 0.5) is 13.2 Å². The smallest absolute Gasteiger partial charge is 0.212 e. The highest BCUT2D eigenvalue weighted by atomic mass is 35.5. The van der Waals surface area contributed by atoms with Gasteiger partial charge in [0.05, 0.1) is 6.20 Å². The second kappa shape index (κ2) is 4.41. The third-order valence-corrected chi connectivity index (χ3v) is 2.32. The van der Waals surface area contributed by atoms with E-state index >= 15 is 0 Å². The van der Waals surface area contributed by atoms with E-state index in [9.17, 15) is 13.2 Å². The Morgan fingerprint density at radius 2 is 1.82 bits per heavy atom. The van der Waals surface area contributed by atoms with Crippen LogP contribution in [0.3, 0.4) is 0 Å². The molecule has 90 valence electrons. The highest BCUT2D eigenvalue weighted by Gasteiger charge is 2.15. The van der Waals surface area contributed by atoms with Gasteiger partial charge in [0.2, 0.25) is 5.89 Å². The third kappa shape index (κ3) is 2.29. The summed E-state index contributed by atoms with van der Waals surface area (Å²) in [6.07, 6.45) is 1.28. The number of hydrogen-bond acceptors (Lipinski definition) is 2. The van der Waals surface area contributed by atoms with Crippen LogP contribution in [0.25, 0.3) is 11.3 Å². The maximum absolute atomic E-state index is 13.0. The van der Waals surface area contributed by atoms with Crippen LogP contribution < -0.4 is 0 Å². The van der Waals surface area contributed by atoms with Crippen molar-refractivity contribution < 1.29 is 17.6 Å². The molecule has 0 aliphatic carbocycles. The topological polar surface area (TPSA) is 26.0 Å². The molecule has 6 heteroatoms. The van der Waals surface area contributed by atoms with Gasteiger partial charge in [-0.15, -0.1) is 11.6 Å². The molecule has 2 nitrogen and oxygen atoms in total. The van der Waals surface area contributed by atoms with Gasteiger partial charge in [0.15, 0.2) is 23.2 Å². The predicted octanol–water partition coefficient (Wildman–Crippen LogP) is 4.06. The monoisotopic (exact) mass is 261 g/mol. The molecule has 1 unspecified atom stereocenters. The third-order valence-electron chi connectivity index (χ3n) is 2.13. The van der Waals surface area contributed by atoms with Crippen molar-refractivity contribution in [2.24, 2.45) is 0 Å². The van der Waals surface area contributed by atoms with Crippen LogP contribution in [0.1, 0.15) is 18.2 Å². The highest BCUT2D eigenvalue weighted by Crippen LogP contribution is 2.27. The summed E-state index contributed by atoms with van der Waals surface area (Å²) >= 11 is 5.73. The second-order valence-electron chi connectivity index (χ2n) is 3.43. The van der Waals surface area contributed by atoms with Crippen molar-refractivity contribution in [3.8, 4) is 11.3 Å². The van der Waals surface area contributed by atoms with Crippen LogP contribution >= 0.6 is 11.6 Å². The largest absolute Gasteiger partial charge is 0.439 e. The van der Waals surface area contributed by atoms with E-state index in [1.165, 1.54) is 6.20 Å². The fourth-order valence-corrected chi connectivity index (χ4v) is 1.40. The molecule has 1 aromatic carbocycles. The first kappa shape index (κ1) is 12.0. The zero-order valence-electron chi connectivity index (χ0n) is 8.68. The van der Waals surface area contributed by atoms with Gasteiger partial charge in [-0.1, -0.05) is 0 Å². The van der Waals surface area contributed by atoms with E-state index in [-0.39, 0.29) is 17.2 Å². The molecule has 0 spiro atoms. The summed E-state index contributed by atoms with van der Waals surface area (Å²) in [4.78, 5) is 3.84. The number of alkyl halides is 1. The Labute approximate surface area is 100 Å². The lowest BCUT2D eigenvalue weighted by Crippen LogP contribution is -1.91. The number of benzene rings is 1. The van der Waals surface area contributed by atoms with Gasteiger partial charge in [-0.05, 0) is 19.1 Å². The molecular weight excluding hydrogens is 255 g/mol. The first-order valence-electron chi connectivity index (χ1n) is 4.73. The SMILES string of the molecule is CC(Cl)c1ncc(-c2cc(F)c(F)c(F)c2)o1. The summed E-state index contributed by atoms with van der Waals surface area (Å²) in [6, 6.07) is 1.67. The van der Waals surface area contributed by atoms with Crippen LogP contribution in [0.5, 0.6) is 0 Å². The zero-order chi connectivity index (χ0) is 12.6. The van der Waals surface area contributed by atoms with Gasteiger partial charge in [0, 0.05) is 5.56 Å². The number of aromatic nitrogens is 1. The molecule has 17 heavy (non-hydrogen) atoms. The molecule has 0 saturated heterocycles. The Kier molecular flexibility index (Phi) is 3.11. The van der Waals surface area contributed by atoms with Gasteiger partial charge in [0.1, 0.15) is 5.38 Å². The van der Waals surface area contributed by atoms with Gasteiger partial charge in [-0.25, -0.2) is 18.2 Å². The van der Waals surface area contributed by atoms with E-state index in [1.807, 2.05) is 0 Å². The van der Waals surface area contributed by atoms with Crippen LogP contribution in [0.15, 0.2) is 22.7 Å². The first-order chi connectivity index (χ1) is 7.99. The van der Waals surface area contributed by atoms with Crippen molar-refractivity contribution in [2.45, 2.75) is 12.3 Å². The molecule has 2 rings (SSSR count). The molecule has 1 atom stereocenters. The fourth-order valence-electron chi connectivity index (χ4n) is 1.30. The van der Waals surface area contributed by atoms with Crippen molar-refractivity contribution in [2.75, 3.05) is 0 Å². The Morgan fingerprint density at radius 3 is 2.29 bits per heavy atom. The molecule has 0 aliphatic heterocycles. The van der Waals surface area contributed by atoms with Crippen LogP contribution in [-0.4, -0.2) is 4.98 Å². The van der Waals surface area contributed by atoms with Gasteiger partial charge in [0.25, 0.3) is 0 Å². The van der Waals surface area contributed by atoms with E-state index < -0.39 is 22.8 Å².